The van der Waals surface area contributed by atoms with E-state index in [2.05, 4.69) is 18.7 Å². The summed E-state index contributed by atoms with van der Waals surface area (Å²) >= 11 is 0. The summed E-state index contributed by atoms with van der Waals surface area (Å²) in [5.74, 6) is -0.604. The van der Waals surface area contributed by atoms with E-state index in [1.165, 1.54) is 31.1 Å². The minimum atomic E-state index is -1.03. The van der Waals surface area contributed by atoms with Crippen molar-refractivity contribution in [2.45, 2.75) is 39.3 Å². The van der Waals surface area contributed by atoms with Crippen LogP contribution in [-0.4, -0.2) is 28.6 Å². The summed E-state index contributed by atoms with van der Waals surface area (Å²) < 4.78 is 13.7. The van der Waals surface area contributed by atoms with Gasteiger partial charge in [0.2, 0.25) is 0 Å². The molecule has 2 rings (SSSR count). The first-order valence-corrected chi connectivity index (χ1v) is 7.38. The van der Waals surface area contributed by atoms with Crippen LogP contribution in [0.1, 0.15) is 37.8 Å². The van der Waals surface area contributed by atoms with Crippen LogP contribution in [0.3, 0.4) is 0 Å². The van der Waals surface area contributed by atoms with Crippen LogP contribution in [0.5, 0.6) is 0 Å². The normalized spacial score (nSPS) is 23.6. The highest BCUT2D eigenvalue weighted by atomic mass is 19.1. The number of aliphatic carboxylic acids is 1. The Morgan fingerprint density at radius 2 is 2.19 bits per heavy atom. The van der Waals surface area contributed by atoms with Crippen molar-refractivity contribution in [3.8, 4) is 0 Å². The predicted molar refractivity (Wildman–Crippen MR) is 81.3 cm³/mol. The average Bonchev–Trinajstić information content (AvgIpc) is 2.39. The van der Waals surface area contributed by atoms with E-state index in [-0.39, 0.29) is 5.82 Å². The molecular weight excluding hydrogens is 269 g/mol. The average molecular weight is 291 g/mol. The van der Waals surface area contributed by atoms with Crippen LogP contribution in [0.2, 0.25) is 0 Å². The Labute approximate surface area is 125 Å². The third kappa shape index (κ3) is 4.67. The second kappa shape index (κ2) is 6.85. The summed E-state index contributed by atoms with van der Waals surface area (Å²) in [6, 6.07) is 5.23. The molecule has 3 nitrogen and oxygen atoms in total. The van der Waals surface area contributed by atoms with Gasteiger partial charge in [-0.2, -0.15) is 0 Å². The number of hydrogen-bond acceptors (Lipinski definition) is 2. The number of piperidine rings is 1. The zero-order valence-corrected chi connectivity index (χ0v) is 12.6. The van der Waals surface area contributed by atoms with Crippen LogP contribution in [0, 0.1) is 11.7 Å². The largest absolute Gasteiger partial charge is 0.478 e. The Balaban J connectivity index is 2.11. The molecule has 1 saturated heterocycles. The van der Waals surface area contributed by atoms with Crippen LogP contribution in [0.15, 0.2) is 24.3 Å². The molecule has 1 heterocycles. The van der Waals surface area contributed by atoms with Gasteiger partial charge < -0.3 is 5.11 Å². The Morgan fingerprint density at radius 3 is 2.86 bits per heavy atom. The number of rotatable bonds is 4. The Kier molecular flexibility index (Phi) is 5.12. The van der Waals surface area contributed by atoms with Gasteiger partial charge in [-0.15, -0.1) is 0 Å². The topological polar surface area (TPSA) is 40.5 Å². The van der Waals surface area contributed by atoms with Crippen molar-refractivity contribution in [1.29, 1.82) is 0 Å². The van der Waals surface area contributed by atoms with Crippen molar-refractivity contribution in [1.82, 2.24) is 4.90 Å². The zero-order valence-electron chi connectivity index (χ0n) is 12.6. The third-order valence-corrected chi connectivity index (χ3v) is 4.06. The number of carboxylic acids is 1. The van der Waals surface area contributed by atoms with Crippen molar-refractivity contribution >= 4 is 12.0 Å². The van der Waals surface area contributed by atoms with E-state index in [4.69, 9.17) is 5.11 Å². The number of benzene rings is 1. The molecule has 1 aliphatic heterocycles. The molecule has 21 heavy (non-hydrogen) atoms. The van der Waals surface area contributed by atoms with E-state index in [9.17, 15) is 9.18 Å². The Hall–Kier alpha value is -1.68. The van der Waals surface area contributed by atoms with Gasteiger partial charge in [0.1, 0.15) is 5.82 Å². The van der Waals surface area contributed by atoms with Gasteiger partial charge >= 0.3 is 5.97 Å². The van der Waals surface area contributed by atoms with Gasteiger partial charge in [0, 0.05) is 18.7 Å². The summed E-state index contributed by atoms with van der Waals surface area (Å²) in [7, 11) is 0. The minimum absolute atomic E-state index is 0.324. The number of carbonyl (C=O) groups is 1. The van der Waals surface area contributed by atoms with Gasteiger partial charge in [0.25, 0.3) is 0 Å². The molecule has 0 spiro atoms. The maximum Gasteiger partial charge on any atom is 0.328 e. The van der Waals surface area contributed by atoms with E-state index in [1.54, 1.807) is 0 Å². The summed E-state index contributed by atoms with van der Waals surface area (Å²) in [6.07, 6.45) is 4.80. The molecule has 4 heteroatoms. The smallest absolute Gasteiger partial charge is 0.328 e. The Bertz CT molecular complexity index is 542. The summed E-state index contributed by atoms with van der Waals surface area (Å²) in [6.45, 7) is 6.21. The number of likely N-dealkylation sites (tertiary alicyclic amines) is 1. The fourth-order valence-corrected chi connectivity index (χ4v) is 2.96. The highest BCUT2D eigenvalue weighted by Crippen LogP contribution is 2.24. The maximum atomic E-state index is 13.7. The second-order valence-electron chi connectivity index (χ2n) is 6.01. The SMILES string of the molecule is CC1CCN(Cc2cc(F)cc(C=CC(=O)O)c2)C(C)C1. The molecular formula is C17H22FNO2. The molecule has 1 fully saturated rings. The lowest BCUT2D eigenvalue weighted by Crippen LogP contribution is -2.39. The quantitative estimate of drug-likeness (QED) is 0.863. The molecule has 1 aromatic carbocycles. The molecule has 0 amide bonds. The van der Waals surface area contributed by atoms with Gasteiger partial charge in [0.15, 0.2) is 0 Å². The van der Waals surface area contributed by atoms with Gasteiger partial charge in [-0.1, -0.05) is 13.0 Å². The summed E-state index contributed by atoms with van der Waals surface area (Å²) in [5.41, 5.74) is 1.48. The molecule has 114 valence electrons. The lowest BCUT2D eigenvalue weighted by atomic mass is 9.93. The van der Waals surface area contributed by atoms with Crippen LogP contribution in [0.4, 0.5) is 4.39 Å². The van der Waals surface area contributed by atoms with Gasteiger partial charge in [-0.05, 0) is 61.6 Å². The van der Waals surface area contributed by atoms with E-state index in [0.717, 1.165) is 24.1 Å². The molecule has 1 aliphatic rings. The highest BCUT2D eigenvalue weighted by Gasteiger charge is 2.22. The Morgan fingerprint density at radius 1 is 1.43 bits per heavy atom. The minimum Gasteiger partial charge on any atom is -0.478 e. The predicted octanol–water partition coefficient (Wildman–Crippen LogP) is 3.54. The number of nitrogens with zero attached hydrogens (tertiary/aromatic N) is 1. The monoisotopic (exact) mass is 291 g/mol. The molecule has 0 bridgehead atoms. The molecule has 1 aromatic rings. The fraction of sp³-hybridized carbons (Fsp3) is 0.471. The molecule has 0 radical (unpaired) electrons. The van der Waals surface area contributed by atoms with Crippen molar-refractivity contribution in [3.63, 3.8) is 0 Å². The van der Waals surface area contributed by atoms with Crippen LogP contribution in [-0.2, 0) is 11.3 Å². The van der Waals surface area contributed by atoms with Crippen LogP contribution < -0.4 is 0 Å². The number of carboxylic acid groups (broad SMARTS) is 1. The van der Waals surface area contributed by atoms with Gasteiger partial charge in [-0.25, -0.2) is 9.18 Å². The fourth-order valence-electron chi connectivity index (χ4n) is 2.96. The first-order chi connectivity index (χ1) is 9.94. The van der Waals surface area contributed by atoms with E-state index < -0.39 is 5.97 Å². The third-order valence-electron chi connectivity index (χ3n) is 4.06. The molecule has 0 saturated carbocycles. The lowest BCUT2D eigenvalue weighted by Gasteiger charge is -2.36. The summed E-state index contributed by atoms with van der Waals surface area (Å²) in [5, 5.41) is 8.65. The van der Waals surface area contributed by atoms with Crippen LogP contribution >= 0.6 is 0 Å². The van der Waals surface area contributed by atoms with Crippen molar-refractivity contribution < 1.29 is 14.3 Å². The van der Waals surface area contributed by atoms with Crippen molar-refractivity contribution in [2.24, 2.45) is 5.92 Å². The molecule has 2 atom stereocenters. The summed E-state index contributed by atoms with van der Waals surface area (Å²) in [4.78, 5) is 12.9. The first-order valence-electron chi connectivity index (χ1n) is 7.38. The molecule has 0 aliphatic carbocycles. The van der Waals surface area contributed by atoms with Crippen molar-refractivity contribution in [3.05, 3.63) is 41.2 Å². The maximum absolute atomic E-state index is 13.7. The molecule has 2 unspecified atom stereocenters. The molecule has 1 N–H and O–H groups in total. The van der Waals surface area contributed by atoms with Gasteiger partial charge in [0.05, 0.1) is 0 Å². The van der Waals surface area contributed by atoms with Crippen LogP contribution in [0.25, 0.3) is 6.08 Å². The molecule has 0 aromatic heterocycles. The lowest BCUT2D eigenvalue weighted by molar-refractivity contribution is -0.131. The van der Waals surface area contributed by atoms with E-state index >= 15 is 0 Å². The van der Waals surface area contributed by atoms with Crippen molar-refractivity contribution in [2.75, 3.05) is 6.54 Å². The van der Waals surface area contributed by atoms with E-state index in [0.29, 0.717) is 18.2 Å². The number of hydrogen-bond donors (Lipinski definition) is 1. The van der Waals surface area contributed by atoms with Gasteiger partial charge in [-0.3, -0.25) is 4.90 Å². The standard InChI is InChI=1S/C17H22FNO2/c1-12-5-6-19(13(2)7-12)11-15-8-14(3-4-17(20)21)9-16(18)10-15/h3-4,8-10,12-13H,5-7,11H2,1-2H3,(H,20,21). The first kappa shape index (κ1) is 15.7. The number of halogens is 1. The second-order valence-corrected chi connectivity index (χ2v) is 6.01. The van der Waals surface area contributed by atoms with E-state index in [1.807, 2.05) is 6.07 Å². The zero-order chi connectivity index (χ0) is 15.4. The highest BCUT2D eigenvalue weighted by molar-refractivity contribution is 5.85.